The van der Waals surface area contributed by atoms with E-state index in [-0.39, 0.29) is 6.61 Å². The third kappa shape index (κ3) is 2.66. The van der Waals surface area contributed by atoms with Crippen LogP contribution in [0.1, 0.15) is 27.7 Å². The first kappa shape index (κ1) is 17.5. The molecule has 3 heterocycles. The Bertz CT molecular complexity index is 465. The lowest BCUT2D eigenvalue weighted by molar-refractivity contribution is -0.247. The minimum absolute atomic E-state index is 0.198. The standard InChI is InChI=1S/C13H19Cl3O6/c1-10(2)18-5-6(20-10)7-12(17,13(14,15)16)8-9(19-7)22-11(3,4)21-8/h6-9,17H,5H2,1-4H3/t6-,7-,8+,9-,12-/m1/s1. The Morgan fingerprint density at radius 2 is 1.59 bits per heavy atom. The van der Waals surface area contributed by atoms with Crippen LogP contribution >= 0.6 is 34.8 Å². The van der Waals surface area contributed by atoms with Gasteiger partial charge < -0.3 is 28.8 Å². The van der Waals surface area contributed by atoms with Crippen LogP contribution in [0, 0.1) is 0 Å². The van der Waals surface area contributed by atoms with Gasteiger partial charge in [0.1, 0.15) is 18.3 Å². The zero-order chi connectivity index (χ0) is 16.6. The molecule has 9 heteroatoms. The SMILES string of the molecule is CC1(C)OC[C@H]([C@H]2O[C@@H]3OC(C)(C)O[C@@H]3[C@@]2(O)C(Cl)(Cl)Cl)O1. The molecule has 0 aliphatic carbocycles. The van der Waals surface area contributed by atoms with Gasteiger partial charge in [0, 0.05) is 0 Å². The summed E-state index contributed by atoms with van der Waals surface area (Å²) in [5, 5.41) is 11.2. The highest BCUT2D eigenvalue weighted by Gasteiger charge is 2.72. The molecular weight excluding hydrogens is 358 g/mol. The number of hydrogen-bond donors (Lipinski definition) is 1. The topological polar surface area (TPSA) is 66.4 Å². The number of ether oxygens (including phenoxy) is 5. The molecule has 0 saturated carbocycles. The van der Waals surface area contributed by atoms with E-state index in [0.717, 1.165) is 0 Å². The van der Waals surface area contributed by atoms with Crippen LogP contribution in [0.15, 0.2) is 0 Å². The van der Waals surface area contributed by atoms with Gasteiger partial charge in [-0.3, -0.25) is 0 Å². The van der Waals surface area contributed by atoms with E-state index < -0.39 is 45.6 Å². The molecule has 0 spiro atoms. The van der Waals surface area contributed by atoms with Crippen molar-refractivity contribution in [3.8, 4) is 0 Å². The van der Waals surface area contributed by atoms with Crippen LogP contribution in [0.2, 0.25) is 0 Å². The number of aliphatic hydroxyl groups is 1. The van der Waals surface area contributed by atoms with E-state index in [1.807, 2.05) is 0 Å². The zero-order valence-electron chi connectivity index (χ0n) is 12.6. The van der Waals surface area contributed by atoms with Crippen molar-refractivity contribution >= 4 is 34.8 Å². The van der Waals surface area contributed by atoms with Crippen LogP contribution in [0.5, 0.6) is 0 Å². The highest BCUT2D eigenvalue weighted by atomic mass is 35.6. The minimum atomic E-state index is -2.06. The van der Waals surface area contributed by atoms with Crippen molar-refractivity contribution < 1.29 is 28.8 Å². The quantitative estimate of drug-likeness (QED) is 0.706. The predicted octanol–water partition coefficient (Wildman–Crippen LogP) is 2.12. The van der Waals surface area contributed by atoms with Gasteiger partial charge >= 0.3 is 0 Å². The molecule has 22 heavy (non-hydrogen) atoms. The van der Waals surface area contributed by atoms with Crippen LogP contribution in [0.25, 0.3) is 0 Å². The molecule has 0 unspecified atom stereocenters. The minimum Gasteiger partial charge on any atom is -0.380 e. The summed E-state index contributed by atoms with van der Waals surface area (Å²) in [5.41, 5.74) is -1.94. The molecule has 0 aromatic heterocycles. The highest BCUT2D eigenvalue weighted by molar-refractivity contribution is 6.68. The third-order valence-electron chi connectivity index (χ3n) is 4.03. The fraction of sp³-hybridized carbons (Fsp3) is 1.00. The fourth-order valence-electron chi connectivity index (χ4n) is 3.10. The first-order chi connectivity index (χ1) is 9.86. The van der Waals surface area contributed by atoms with Gasteiger partial charge in [0.15, 0.2) is 23.5 Å². The fourth-order valence-corrected chi connectivity index (χ4v) is 3.74. The number of alkyl halides is 3. The Morgan fingerprint density at radius 3 is 2.09 bits per heavy atom. The number of rotatable bonds is 1. The van der Waals surface area contributed by atoms with Crippen molar-refractivity contribution in [1.29, 1.82) is 0 Å². The van der Waals surface area contributed by atoms with Crippen molar-refractivity contribution in [3.63, 3.8) is 0 Å². The molecule has 6 nitrogen and oxygen atoms in total. The Hall–Kier alpha value is 0.630. The number of halogens is 3. The van der Waals surface area contributed by atoms with Crippen LogP contribution in [0.3, 0.4) is 0 Å². The smallest absolute Gasteiger partial charge is 0.224 e. The molecule has 1 N–H and O–H groups in total. The first-order valence-electron chi connectivity index (χ1n) is 6.98. The summed E-state index contributed by atoms with van der Waals surface area (Å²) < 4.78 is 26.3. The Kier molecular flexibility index (Phi) is 4.02. The Labute approximate surface area is 143 Å². The summed E-state index contributed by atoms with van der Waals surface area (Å²) in [5.74, 6) is -1.75. The molecule has 0 aromatic carbocycles. The van der Waals surface area contributed by atoms with E-state index >= 15 is 0 Å². The Balaban J connectivity index is 1.92. The Morgan fingerprint density at radius 1 is 0.955 bits per heavy atom. The molecule has 0 amide bonds. The first-order valence-corrected chi connectivity index (χ1v) is 8.11. The summed E-state index contributed by atoms with van der Waals surface area (Å²) in [7, 11) is 0. The van der Waals surface area contributed by atoms with Crippen molar-refractivity contribution in [2.75, 3.05) is 6.61 Å². The average molecular weight is 378 g/mol. The third-order valence-corrected chi connectivity index (χ3v) is 4.94. The lowest BCUT2D eigenvalue weighted by Crippen LogP contribution is -2.61. The molecule has 3 aliphatic heterocycles. The van der Waals surface area contributed by atoms with Gasteiger partial charge in [-0.25, -0.2) is 0 Å². The molecule has 3 fully saturated rings. The van der Waals surface area contributed by atoms with Gasteiger partial charge in [0.05, 0.1) is 6.61 Å². The molecule has 5 atom stereocenters. The molecule has 128 valence electrons. The van der Waals surface area contributed by atoms with Crippen molar-refractivity contribution in [1.82, 2.24) is 0 Å². The van der Waals surface area contributed by atoms with Crippen molar-refractivity contribution in [2.45, 2.75) is 73.3 Å². The zero-order valence-corrected chi connectivity index (χ0v) is 14.9. The molecule has 0 radical (unpaired) electrons. The van der Waals surface area contributed by atoms with E-state index in [1.54, 1.807) is 27.7 Å². The number of hydrogen-bond acceptors (Lipinski definition) is 6. The van der Waals surface area contributed by atoms with Gasteiger partial charge in [-0.15, -0.1) is 0 Å². The summed E-state index contributed by atoms with van der Waals surface area (Å²) in [6.45, 7) is 7.10. The maximum Gasteiger partial charge on any atom is 0.224 e. The monoisotopic (exact) mass is 376 g/mol. The maximum absolute atomic E-state index is 11.2. The second kappa shape index (κ2) is 5.07. The second-order valence-electron chi connectivity index (χ2n) is 6.67. The van der Waals surface area contributed by atoms with Gasteiger partial charge in [-0.05, 0) is 27.7 Å². The van der Waals surface area contributed by atoms with Crippen LogP contribution < -0.4 is 0 Å². The van der Waals surface area contributed by atoms with Gasteiger partial charge in [-0.2, -0.15) is 0 Å². The van der Waals surface area contributed by atoms with Crippen LogP contribution in [0.4, 0.5) is 0 Å². The molecule has 3 aliphatic rings. The lowest BCUT2D eigenvalue weighted by atomic mass is 9.90. The summed E-state index contributed by atoms with van der Waals surface area (Å²) in [6.07, 6.45) is -3.38. The predicted molar refractivity (Wildman–Crippen MR) is 78.8 cm³/mol. The maximum atomic E-state index is 11.2. The molecule has 0 aromatic rings. The summed E-state index contributed by atoms with van der Waals surface area (Å²) in [6, 6.07) is 0. The molecule has 3 rings (SSSR count). The second-order valence-corrected chi connectivity index (χ2v) is 8.95. The van der Waals surface area contributed by atoms with Crippen LogP contribution in [-0.2, 0) is 23.7 Å². The van der Waals surface area contributed by atoms with E-state index in [4.69, 9.17) is 58.5 Å². The van der Waals surface area contributed by atoms with E-state index in [1.165, 1.54) is 0 Å². The van der Waals surface area contributed by atoms with E-state index in [9.17, 15) is 5.11 Å². The molecular formula is C13H19Cl3O6. The lowest BCUT2D eigenvalue weighted by Gasteiger charge is -2.40. The normalized spacial score (nSPS) is 46.9. The highest BCUT2D eigenvalue weighted by Crippen LogP contribution is 2.54. The summed E-state index contributed by atoms with van der Waals surface area (Å²) in [4.78, 5) is 0. The van der Waals surface area contributed by atoms with Gasteiger partial charge in [0.2, 0.25) is 3.79 Å². The average Bonchev–Trinajstić information content (AvgIpc) is 2.90. The van der Waals surface area contributed by atoms with Gasteiger partial charge in [-0.1, -0.05) is 34.8 Å². The van der Waals surface area contributed by atoms with Gasteiger partial charge in [0.25, 0.3) is 0 Å². The number of fused-ring (bicyclic) bond motifs is 1. The van der Waals surface area contributed by atoms with Crippen LogP contribution in [-0.4, -0.2) is 57.3 Å². The molecule has 0 bridgehead atoms. The van der Waals surface area contributed by atoms with E-state index in [0.29, 0.717) is 0 Å². The largest absolute Gasteiger partial charge is 0.380 e. The molecule has 3 saturated heterocycles. The van der Waals surface area contributed by atoms with Crippen molar-refractivity contribution in [3.05, 3.63) is 0 Å². The van der Waals surface area contributed by atoms with Crippen molar-refractivity contribution in [2.24, 2.45) is 0 Å². The van der Waals surface area contributed by atoms with E-state index in [2.05, 4.69) is 0 Å². The summed E-state index contributed by atoms with van der Waals surface area (Å²) >= 11 is 18.2.